The first-order valence-electron chi connectivity index (χ1n) is 7.22. The molecule has 0 spiro atoms. The van der Waals surface area contributed by atoms with Gasteiger partial charge in [0.05, 0.1) is 20.6 Å². The summed E-state index contributed by atoms with van der Waals surface area (Å²) in [6, 6.07) is 13.4. The van der Waals surface area contributed by atoms with Gasteiger partial charge in [0.15, 0.2) is 0 Å². The zero-order valence-electron chi connectivity index (χ0n) is 13.5. The molecule has 0 saturated carbocycles. The van der Waals surface area contributed by atoms with E-state index in [-0.39, 0.29) is 5.91 Å². The van der Waals surface area contributed by atoms with E-state index >= 15 is 0 Å². The molecule has 0 unspecified atom stereocenters. The van der Waals surface area contributed by atoms with Crippen LogP contribution in [0.3, 0.4) is 0 Å². The van der Waals surface area contributed by atoms with E-state index in [1.165, 1.54) is 0 Å². The Morgan fingerprint density at radius 3 is 2.39 bits per heavy atom. The van der Waals surface area contributed by atoms with Crippen molar-refractivity contribution in [3.63, 3.8) is 0 Å². The van der Waals surface area contributed by atoms with Gasteiger partial charge in [-0.15, -0.1) is 0 Å². The Kier molecular flexibility index (Phi) is 6.04. The second-order valence-corrected chi connectivity index (χ2v) is 6.15. The summed E-state index contributed by atoms with van der Waals surface area (Å²) in [5, 5.41) is 0. The van der Waals surface area contributed by atoms with Gasteiger partial charge in [-0.05, 0) is 29.8 Å². The average molecular weight is 378 g/mol. The van der Waals surface area contributed by atoms with Crippen molar-refractivity contribution in [2.45, 2.75) is 13.0 Å². The second kappa shape index (κ2) is 8.02. The summed E-state index contributed by atoms with van der Waals surface area (Å²) in [6.07, 6.45) is 0.377. The molecule has 0 saturated heterocycles. The third kappa shape index (κ3) is 4.73. The topological polar surface area (TPSA) is 38.8 Å². The second-order valence-electron chi connectivity index (χ2n) is 5.23. The maximum absolute atomic E-state index is 12.4. The predicted molar refractivity (Wildman–Crippen MR) is 93.9 cm³/mol. The Bertz CT molecular complexity index is 670. The molecule has 0 N–H and O–H groups in total. The van der Waals surface area contributed by atoms with Gasteiger partial charge in [-0.3, -0.25) is 4.79 Å². The summed E-state index contributed by atoms with van der Waals surface area (Å²) in [4.78, 5) is 14.1. The van der Waals surface area contributed by atoms with Gasteiger partial charge in [-0.1, -0.05) is 28.1 Å². The number of amides is 1. The van der Waals surface area contributed by atoms with Crippen molar-refractivity contribution < 1.29 is 14.3 Å². The monoisotopic (exact) mass is 377 g/mol. The molecule has 0 radical (unpaired) electrons. The summed E-state index contributed by atoms with van der Waals surface area (Å²) in [6.45, 7) is 0.489. The summed E-state index contributed by atoms with van der Waals surface area (Å²) in [7, 11) is 5.02. The molecule has 0 atom stereocenters. The number of rotatable bonds is 6. The van der Waals surface area contributed by atoms with Crippen LogP contribution in [0.25, 0.3) is 0 Å². The lowest BCUT2D eigenvalue weighted by Gasteiger charge is -2.19. The van der Waals surface area contributed by atoms with Crippen molar-refractivity contribution in [1.29, 1.82) is 0 Å². The van der Waals surface area contributed by atoms with Crippen LogP contribution in [0, 0.1) is 0 Å². The Hall–Kier alpha value is -2.01. The fourth-order valence-electron chi connectivity index (χ4n) is 2.24. The first-order valence-corrected chi connectivity index (χ1v) is 8.02. The van der Waals surface area contributed by atoms with E-state index in [1.807, 2.05) is 42.5 Å². The number of hydrogen-bond acceptors (Lipinski definition) is 3. The van der Waals surface area contributed by atoms with Gasteiger partial charge in [0.1, 0.15) is 11.5 Å². The molecule has 122 valence electrons. The van der Waals surface area contributed by atoms with Gasteiger partial charge in [0.25, 0.3) is 0 Å². The van der Waals surface area contributed by atoms with Gasteiger partial charge in [0, 0.05) is 29.7 Å². The number of carbonyl (C=O) groups excluding carboxylic acids is 1. The van der Waals surface area contributed by atoms with Crippen LogP contribution in [0.4, 0.5) is 0 Å². The Morgan fingerprint density at radius 1 is 1.09 bits per heavy atom. The number of hydrogen-bond donors (Lipinski definition) is 0. The molecule has 0 heterocycles. The third-order valence-electron chi connectivity index (χ3n) is 3.60. The molecule has 2 rings (SSSR count). The molecule has 0 aliphatic carbocycles. The van der Waals surface area contributed by atoms with Crippen LogP contribution in [0.5, 0.6) is 11.5 Å². The molecule has 2 aromatic carbocycles. The molecule has 0 bridgehead atoms. The van der Waals surface area contributed by atoms with Crippen molar-refractivity contribution in [3.8, 4) is 11.5 Å². The molecule has 0 fully saturated rings. The SMILES string of the molecule is COc1ccc(CN(C)C(=O)Cc2ccc(Br)cc2)c(OC)c1. The van der Waals surface area contributed by atoms with E-state index in [2.05, 4.69) is 15.9 Å². The van der Waals surface area contributed by atoms with Crippen LogP contribution in [-0.4, -0.2) is 32.1 Å². The van der Waals surface area contributed by atoms with E-state index in [9.17, 15) is 4.79 Å². The summed E-state index contributed by atoms with van der Waals surface area (Å²) in [5.41, 5.74) is 1.94. The number of halogens is 1. The van der Waals surface area contributed by atoms with Crippen molar-refractivity contribution in [1.82, 2.24) is 4.90 Å². The maximum atomic E-state index is 12.4. The highest BCUT2D eigenvalue weighted by Gasteiger charge is 2.13. The number of carbonyl (C=O) groups is 1. The van der Waals surface area contributed by atoms with Gasteiger partial charge in [-0.25, -0.2) is 0 Å². The Labute approximate surface area is 145 Å². The van der Waals surface area contributed by atoms with Crippen LogP contribution in [0.15, 0.2) is 46.9 Å². The van der Waals surface area contributed by atoms with Crippen LogP contribution < -0.4 is 9.47 Å². The summed E-state index contributed by atoms with van der Waals surface area (Å²) >= 11 is 3.39. The fraction of sp³-hybridized carbons (Fsp3) is 0.278. The normalized spacial score (nSPS) is 10.3. The smallest absolute Gasteiger partial charge is 0.227 e. The standard InChI is InChI=1S/C18H20BrNO3/c1-20(18(21)10-13-4-7-15(19)8-5-13)12-14-6-9-16(22-2)11-17(14)23-3/h4-9,11H,10,12H2,1-3H3. The minimum Gasteiger partial charge on any atom is -0.497 e. The van der Waals surface area contributed by atoms with Gasteiger partial charge >= 0.3 is 0 Å². The van der Waals surface area contributed by atoms with Crippen molar-refractivity contribution in [2.24, 2.45) is 0 Å². The molecule has 0 aliphatic rings. The van der Waals surface area contributed by atoms with E-state index < -0.39 is 0 Å². The Morgan fingerprint density at radius 2 is 1.78 bits per heavy atom. The van der Waals surface area contributed by atoms with Crippen LogP contribution in [0.2, 0.25) is 0 Å². The molecular weight excluding hydrogens is 358 g/mol. The molecule has 23 heavy (non-hydrogen) atoms. The average Bonchev–Trinajstić information content (AvgIpc) is 2.57. The highest BCUT2D eigenvalue weighted by molar-refractivity contribution is 9.10. The first kappa shape index (κ1) is 17.3. The number of benzene rings is 2. The molecule has 1 amide bonds. The fourth-order valence-corrected chi connectivity index (χ4v) is 2.50. The van der Waals surface area contributed by atoms with Gasteiger partial charge in [-0.2, -0.15) is 0 Å². The van der Waals surface area contributed by atoms with Crippen LogP contribution >= 0.6 is 15.9 Å². The molecule has 4 nitrogen and oxygen atoms in total. The zero-order chi connectivity index (χ0) is 16.8. The van der Waals surface area contributed by atoms with Crippen molar-refractivity contribution >= 4 is 21.8 Å². The van der Waals surface area contributed by atoms with E-state index in [0.29, 0.717) is 18.7 Å². The molecular formula is C18H20BrNO3. The summed E-state index contributed by atoms with van der Waals surface area (Å²) < 4.78 is 11.6. The lowest BCUT2D eigenvalue weighted by atomic mass is 10.1. The predicted octanol–water partition coefficient (Wildman–Crippen LogP) is 3.67. The van der Waals surface area contributed by atoms with E-state index in [0.717, 1.165) is 21.3 Å². The highest BCUT2D eigenvalue weighted by atomic mass is 79.9. The van der Waals surface area contributed by atoms with Crippen LogP contribution in [-0.2, 0) is 17.8 Å². The number of nitrogens with zero attached hydrogens (tertiary/aromatic N) is 1. The lowest BCUT2D eigenvalue weighted by molar-refractivity contribution is -0.129. The van der Waals surface area contributed by atoms with E-state index in [4.69, 9.17) is 9.47 Å². The van der Waals surface area contributed by atoms with Gasteiger partial charge < -0.3 is 14.4 Å². The molecule has 0 aromatic heterocycles. The molecule has 0 aliphatic heterocycles. The largest absolute Gasteiger partial charge is 0.497 e. The summed E-state index contributed by atoms with van der Waals surface area (Å²) in [5.74, 6) is 1.51. The minimum absolute atomic E-state index is 0.0604. The number of methoxy groups -OCH3 is 2. The minimum atomic E-state index is 0.0604. The van der Waals surface area contributed by atoms with Gasteiger partial charge in [0.2, 0.25) is 5.91 Å². The zero-order valence-corrected chi connectivity index (χ0v) is 15.1. The highest BCUT2D eigenvalue weighted by Crippen LogP contribution is 2.25. The maximum Gasteiger partial charge on any atom is 0.227 e. The van der Waals surface area contributed by atoms with Crippen molar-refractivity contribution in [3.05, 3.63) is 58.1 Å². The molecule has 2 aromatic rings. The van der Waals surface area contributed by atoms with Crippen molar-refractivity contribution in [2.75, 3.05) is 21.3 Å². The number of ether oxygens (including phenoxy) is 2. The van der Waals surface area contributed by atoms with Crippen LogP contribution in [0.1, 0.15) is 11.1 Å². The third-order valence-corrected chi connectivity index (χ3v) is 4.12. The molecule has 5 heteroatoms. The number of likely N-dealkylation sites (N-methyl/N-ethyl adjacent to an activating group) is 1. The van der Waals surface area contributed by atoms with E-state index in [1.54, 1.807) is 26.2 Å². The first-order chi connectivity index (χ1) is 11.0. The Balaban J connectivity index is 2.04. The quantitative estimate of drug-likeness (QED) is 0.770. The lowest BCUT2D eigenvalue weighted by Crippen LogP contribution is -2.27.